The summed E-state index contributed by atoms with van der Waals surface area (Å²) in [5.74, 6) is 2.19. The first-order valence-corrected chi connectivity index (χ1v) is 5.96. The fourth-order valence-electron chi connectivity index (χ4n) is 1.35. The second kappa shape index (κ2) is 6.31. The predicted molar refractivity (Wildman–Crippen MR) is 65.3 cm³/mol. The van der Waals surface area contributed by atoms with E-state index < -0.39 is 6.04 Å². The molecule has 0 aliphatic heterocycles. The van der Waals surface area contributed by atoms with Crippen molar-refractivity contribution in [3.8, 4) is 12.3 Å². The maximum absolute atomic E-state index is 11.8. The number of thiophene rings is 1. The van der Waals surface area contributed by atoms with E-state index in [1.54, 1.807) is 6.92 Å². The Morgan fingerprint density at radius 1 is 1.75 bits per heavy atom. The summed E-state index contributed by atoms with van der Waals surface area (Å²) in [6.45, 7) is 4.48. The largest absolute Gasteiger partial charge is 0.465 e. The molecular weight excluding hydrogens is 222 g/mol. The van der Waals surface area contributed by atoms with Crippen LogP contribution < -0.4 is 5.32 Å². The van der Waals surface area contributed by atoms with E-state index in [0.717, 1.165) is 10.4 Å². The lowest BCUT2D eigenvalue weighted by atomic mass is 10.1. The van der Waals surface area contributed by atoms with Crippen LogP contribution >= 0.6 is 11.3 Å². The van der Waals surface area contributed by atoms with Gasteiger partial charge in [0.1, 0.15) is 6.04 Å². The minimum absolute atomic E-state index is 0.275. The third kappa shape index (κ3) is 3.09. The zero-order valence-corrected chi connectivity index (χ0v) is 10.3. The van der Waals surface area contributed by atoms with E-state index in [2.05, 4.69) is 11.2 Å². The molecule has 0 aliphatic rings. The molecule has 0 bridgehead atoms. The van der Waals surface area contributed by atoms with Gasteiger partial charge in [-0.05, 0) is 30.9 Å². The number of aryl methyl sites for hydroxylation is 1. The van der Waals surface area contributed by atoms with Gasteiger partial charge in [0.25, 0.3) is 0 Å². The Morgan fingerprint density at radius 3 is 3.00 bits per heavy atom. The molecule has 0 fully saturated rings. The Hall–Kier alpha value is -1.31. The second-order valence-electron chi connectivity index (χ2n) is 3.24. The third-order valence-corrected chi connectivity index (χ3v) is 3.18. The molecule has 0 aliphatic carbocycles. The molecule has 0 saturated carbocycles. The number of hydrogen-bond donors (Lipinski definition) is 1. The molecule has 1 unspecified atom stereocenters. The topological polar surface area (TPSA) is 38.3 Å². The van der Waals surface area contributed by atoms with Gasteiger partial charge in [-0.15, -0.1) is 17.8 Å². The smallest absolute Gasteiger partial charge is 0.328 e. The monoisotopic (exact) mass is 237 g/mol. The molecule has 1 N–H and O–H groups in total. The first kappa shape index (κ1) is 12.8. The van der Waals surface area contributed by atoms with Gasteiger partial charge in [0.2, 0.25) is 0 Å². The number of carbonyl (C=O) groups is 1. The van der Waals surface area contributed by atoms with Crippen LogP contribution in [0.4, 0.5) is 0 Å². The lowest BCUT2D eigenvalue weighted by Crippen LogP contribution is -2.30. The lowest BCUT2D eigenvalue weighted by Gasteiger charge is -2.15. The van der Waals surface area contributed by atoms with Crippen molar-refractivity contribution < 1.29 is 9.53 Å². The number of terminal acetylenes is 1. The molecule has 0 spiro atoms. The van der Waals surface area contributed by atoms with E-state index in [-0.39, 0.29) is 5.97 Å². The van der Waals surface area contributed by atoms with Gasteiger partial charge in [0.15, 0.2) is 0 Å². The van der Waals surface area contributed by atoms with Gasteiger partial charge in [-0.25, -0.2) is 4.79 Å². The minimum atomic E-state index is -0.448. The van der Waals surface area contributed by atoms with Crippen LogP contribution in [0, 0.1) is 19.3 Å². The molecule has 16 heavy (non-hydrogen) atoms. The summed E-state index contributed by atoms with van der Waals surface area (Å²) in [6, 6.07) is 1.53. The highest BCUT2D eigenvalue weighted by Gasteiger charge is 2.23. The number of hydrogen-bond acceptors (Lipinski definition) is 4. The first-order valence-electron chi connectivity index (χ1n) is 5.08. The highest BCUT2D eigenvalue weighted by Crippen LogP contribution is 2.24. The fraction of sp³-hybridized carbons (Fsp3) is 0.417. The predicted octanol–water partition coefficient (Wildman–Crippen LogP) is 1.88. The van der Waals surface area contributed by atoms with E-state index >= 15 is 0 Å². The Morgan fingerprint density at radius 2 is 2.50 bits per heavy atom. The Bertz CT molecular complexity index is 392. The summed E-state index contributed by atoms with van der Waals surface area (Å²) in [5, 5.41) is 4.95. The molecule has 1 heterocycles. The van der Waals surface area contributed by atoms with Crippen molar-refractivity contribution in [2.24, 2.45) is 0 Å². The molecule has 0 radical (unpaired) electrons. The summed E-state index contributed by atoms with van der Waals surface area (Å²) in [7, 11) is 0. The van der Waals surface area contributed by atoms with Gasteiger partial charge in [0.05, 0.1) is 13.2 Å². The van der Waals surface area contributed by atoms with Crippen LogP contribution in [0.25, 0.3) is 0 Å². The third-order valence-electron chi connectivity index (χ3n) is 2.09. The first-order chi connectivity index (χ1) is 7.70. The van der Waals surface area contributed by atoms with E-state index in [9.17, 15) is 4.79 Å². The highest BCUT2D eigenvalue weighted by molar-refractivity contribution is 7.10. The molecule has 4 heteroatoms. The number of nitrogens with one attached hydrogen (secondary N) is 1. The quantitative estimate of drug-likeness (QED) is 0.627. The van der Waals surface area contributed by atoms with Crippen molar-refractivity contribution >= 4 is 17.3 Å². The summed E-state index contributed by atoms with van der Waals surface area (Å²) < 4.78 is 5.02. The van der Waals surface area contributed by atoms with Gasteiger partial charge >= 0.3 is 5.97 Å². The van der Waals surface area contributed by atoms with Crippen molar-refractivity contribution in [3.63, 3.8) is 0 Å². The van der Waals surface area contributed by atoms with Crippen LogP contribution in [0.2, 0.25) is 0 Å². The van der Waals surface area contributed by atoms with Gasteiger partial charge in [-0.2, -0.15) is 0 Å². The van der Waals surface area contributed by atoms with Crippen LogP contribution in [0.5, 0.6) is 0 Å². The number of esters is 1. The van der Waals surface area contributed by atoms with Crippen LogP contribution in [0.3, 0.4) is 0 Å². The van der Waals surface area contributed by atoms with Gasteiger partial charge in [-0.1, -0.05) is 5.92 Å². The van der Waals surface area contributed by atoms with E-state index in [0.29, 0.717) is 13.2 Å². The van der Waals surface area contributed by atoms with E-state index in [1.807, 2.05) is 18.4 Å². The Labute approximate surface area is 99.8 Å². The van der Waals surface area contributed by atoms with Crippen molar-refractivity contribution in [1.82, 2.24) is 5.32 Å². The Kier molecular flexibility index (Phi) is 5.03. The lowest BCUT2D eigenvalue weighted by molar-refractivity contribution is -0.145. The van der Waals surface area contributed by atoms with Gasteiger partial charge < -0.3 is 4.74 Å². The zero-order chi connectivity index (χ0) is 12.0. The number of ether oxygens (including phenoxy) is 1. The summed E-state index contributed by atoms with van der Waals surface area (Å²) in [6.07, 6.45) is 5.18. The molecule has 3 nitrogen and oxygen atoms in total. The van der Waals surface area contributed by atoms with Crippen molar-refractivity contribution in [1.29, 1.82) is 0 Å². The van der Waals surface area contributed by atoms with Crippen LogP contribution in [-0.2, 0) is 9.53 Å². The summed E-state index contributed by atoms with van der Waals surface area (Å²) in [5.41, 5.74) is 1.08. The van der Waals surface area contributed by atoms with E-state index in [1.165, 1.54) is 11.3 Å². The standard InChI is InChI=1S/C12H15NO2S/c1-4-7-13-10(12(14)15-5-2)11-9(3)6-8-16-11/h1,6,8,10,13H,5,7H2,2-3H3. The number of carbonyl (C=O) groups excluding carboxylic acids is 1. The van der Waals surface area contributed by atoms with Crippen molar-refractivity contribution in [2.75, 3.05) is 13.2 Å². The van der Waals surface area contributed by atoms with Crippen LogP contribution in [0.15, 0.2) is 11.4 Å². The zero-order valence-electron chi connectivity index (χ0n) is 9.45. The normalized spacial score (nSPS) is 11.8. The Balaban J connectivity index is 2.83. The minimum Gasteiger partial charge on any atom is -0.465 e. The maximum Gasteiger partial charge on any atom is 0.328 e. The highest BCUT2D eigenvalue weighted by atomic mass is 32.1. The van der Waals surface area contributed by atoms with Crippen molar-refractivity contribution in [2.45, 2.75) is 19.9 Å². The molecular formula is C12H15NO2S. The van der Waals surface area contributed by atoms with E-state index in [4.69, 9.17) is 11.2 Å². The average Bonchev–Trinajstić information content (AvgIpc) is 2.66. The maximum atomic E-state index is 11.8. The van der Waals surface area contributed by atoms with Crippen molar-refractivity contribution in [3.05, 3.63) is 21.9 Å². The van der Waals surface area contributed by atoms with Crippen LogP contribution in [0.1, 0.15) is 23.4 Å². The molecule has 0 aromatic carbocycles. The molecule has 1 atom stereocenters. The summed E-state index contributed by atoms with van der Waals surface area (Å²) in [4.78, 5) is 12.7. The van der Waals surface area contributed by atoms with Gasteiger partial charge in [-0.3, -0.25) is 5.32 Å². The second-order valence-corrected chi connectivity index (χ2v) is 4.19. The molecule has 86 valence electrons. The molecule has 1 aromatic heterocycles. The summed E-state index contributed by atoms with van der Waals surface area (Å²) >= 11 is 1.53. The molecule has 0 amide bonds. The molecule has 0 saturated heterocycles. The fourth-order valence-corrected chi connectivity index (χ4v) is 2.34. The average molecular weight is 237 g/mol. The SMILES string of the molecule is C#CCNC(C(=O)OCC)c1sccc1C. The molecule has 1 aromatic rings. The number of rotatable bonds is 5. The molecule has 1 rings (SSSR count). The van der Waals surface area contributed by atoms with Gasteiger partial charge in [0, 0.05) is 4.88 Å². The van der Waals surface area contributed by atoms with Crippen LogP contribution in [-0.4, -0.2) is 19.1 Å².